The lowest BCUT2D eigenvalue weighted by Crippen LogP contribution is -2.24. The molecular formula is C20H26N2O3S. The van der Waals surface area contributed by atoms with E-state index in [2.05, 4.69) is 42.9 Å². The quantitative estimate of drug-likeness (QED) is 0.815. The summed E-state index contributed by atoms with van der Waals surface area (Å²) in [4.78, 5) is 0.275. The largest absolute Gasteiger partial charge is 0.487 e. The highest BCUT2D eigenvalue weighted by Crippen LogP contribution is 2.35. The van der Waals surface area contributed by atoms with Crippen LogP contribution >= 0.6 is 0 Å². The van der Waals surface area contributed by atoms with Crippen LogP contribution in [0.2, 0.25) is 0 Å². The van der Waals surface area contributed by atoms with Gasteiger partial charge in [0.05, 0.1) is 4.90 Å². The van der Waals surface area contributed by atoms with Crippen LogP contribution in [0.5, 0.6) is 5.75 Å². The molecule has 2 N–H and O–H groups in total. The van der Waals surface area contributed by atoms with E-state index in [4.69, 9.17) is 4.74 Å². The second-order valence-electron chi connectivity index (χ2n) is 7.36. The second-order valence-corrected chi connectivity index (χ2v) is 9.25. The molecule has 0 saturated carbocycles. The van der Waals surface area contributed by atoms with E-state index in [9.17, 15) is 8.42 Å². The van der Waals surface area contributed by atoms with Crippen molar-refractivity contribution < 1.29 is 13.2 Å². The van der Waals surface area contributed by atoms with Gasteiger partial charge in [-0.3, -0.25) is 0 Å². The molecule has 0 spiro atoms. The number of hydrogen-bond acceptors (Lipinski definition) is 4. The minimum atomic E-state index is -3.39. The van der Waals surface area contributed by atoms with Crippen LogP contribution in [0.25, 0.3) is 0 Å². The fraction of sp³-hybridized carbons (Fsp3) is 0.400. The summed E-state index contributed by atoms with van der Waals surface area (Å²) in [5.41, 5.74) is 3.39. The number of hydrogen-bond donors (Lipinski definition) is 2. The maximum atomic E-state index is 11.8. The molecule has 5 nitrogen and oxygen atoms in total. The molecule has 0 aliphatic carbocycles. The first-order valence-electron chi connectivity index (χ1n) is 8.78. The molecule has 0 bridgehead atoms. The highest BCUT2D eigenvalue weighted by atomic mass is 32.2. The Morgan fingerprint density at radius 1 is 1.15 bits per heavy atom. The minimum Gasteiger partial charge on any atom is -0.487 e. The van der Waals surface area contributed by atoms with Crippen LogP contribution in [0.4, 0.5) is 0 Å². The second kappa shape index (κ2) is 7.02. The molecule has 0 aromatic heterocycles. The van der Waals surface area contributed by atoms with Gasteiger partial charge in [0.25, 0.3) is 0 Å². The lowest BCUT2D eigenvalue weighted by atomic mass is 10.00. The zero-order chi connectivity index (χ0) is 18.9. The van der Waals surface area contributed by atoms with Crippen molar-refractivity contribution in [3.05, 3.63) is 59.2 Å². The molecule has 2 aromatic carbocycles. The molecule has 1 unspecified atom stereocenters. The van der Waals surface area contributed by atoms with Crippen LogP contribution in [0.3, 0.4) is 0 Å². The van der Waals surface area contributed by atoms with Crippen molar-refractivity contribution in [1.82, 2.24) is 10.0 Å². The van der Waals surface area contributed by atoms with Crippen molar-refractivity contribution in [3.63, 3.8) is 0 Å². The van der Waals surface area contributed by atoms with Crippen molar-refractivity contribution in [3.8, 4) is 5.75 Å². The van der Waals surface area contributed by atoms with E-state index >= 15 is 0 Å². The summed E-state index contributed by atoms with van der Waals surface area (Å²) < 4.78 is 31.8. The number of sulfonamides is 1. The molecular weight excluding hydrogens is 348 g/mol. The van der Waals surface area contributed by atoms with Crippen LogP contribution in [0.1, 0.15) is 43.5 Å². The van der Waals surface area contributed by atoms with Gasteiger partial charge in [-0.25, -0.2) is 13.1 Å². The van der Waals surface area contributed by atoms with Crippen LogP contribution < -0.4 is 14.8 Å². The van der Waals surface area contributed by atoms with Crippen molar-refractivity contribution in [2.24, 2.45) is 0 Å². The van der Waals surface area contributed by atoms with Crippen LogP contribution in [0, 0.1) is 0 Å². The first kappa shape index (κ1) is 18.9. The monoisotopic (exact) mass is 374 g/mol. The summed E-state index contributed by atoms with van der Waals surface area (Å²) in [5, 5.41) is 3.49. The third-order valence-electron chi connectivity index (χ3n) is 4.70. The molecule has 1 aliphatic heterocycles. The van der Waals surface area contributed by atoms with E-state index in [0.29, 0.717) is 0 Å². The van der Waals surface area contributed by atoms with Crippen molar-refractivity contribution in [2.45, 2.75) is 50.3 Å². The van der Waals surface area contributed by atoms with E-state index in [0.717, 1.165) is 24.3 Å². The molecule has 6 heteroatoms. The van der Waals surface area contributed by atoms with Gasteiger partial charge in [0, 0.05) is 19.0 Å². The Morgan fingerprint density at radius 3 is 2.50 bits per heavy atom. The van der Waals surface area contributed by atoms with Gasteiger partial charge in [-0.2, -0.15) is 0 Å². The van der Waals surface area contributed by atoms with Gasteiger partial charge >= 0.3 is 0 Å². The molecule has 0 radical (unpaired) electrons. The van der Waals surface area contributed by atoms with Gasteiger partial charge < -0.3 is 10.1 Å². The molecule has 1 heterocycles. The van der Waals surface area contributed by atoms with E-state index in [-0.39, 0.29) is 16.5 Å². The highest BCUT2D eigenvalue weighted by molar-refractivity contribution is 7.89. The molecule has 3 rings (SSSR count). The molecule has 0 saturated heterocycles. The van der Waals surface area contributed by atoms with Crippen LogP contribution in [0.15, 0.2) is 47.4 Å². The number of nitrogens with one attached hydrogen (secondary N) is 2. The Morgan fingerprint density at radius 2 is 1.85 bits per heavy atom. The zero-order valence-corrected chi connectivity index (χ0v) is 16.5. The van der Waals surface area contributed by atoms with Gasteiger partial charge in [-0.05, 0) is 62.7 Å². The highest BCUT2D eigenvalue weighted by Gasteiger charge is 2.29. The minimum absolute atomic E-state index is 0.113. The molecule has 0 fully saturated rings. The summed E-state index contributed by atoms with van der Waals surface area (Å²) in [5.74, 6) is 0.980. The van der Waals surface area contributed by atoms with Gasteiger partial charge in [0.2, 0.25) is 10.0 Å². The summed E-state index contributed by atoms with van der Waals surface area (Å²) in [6.45, 7) is 7.02. The fourth-order valence-electron chi connectivity index (χ4n) is 3.22. The van der Waals surface area contributed by atoms with Gasteiger partial charge in [-0.1, -0.05) is 24.3 Å². The summed E-state index contributed by atoms with van der Waals surface area (Å²) in [6.07, 6.45) is 0.924. The number of benzene rings is 2. The SMILES string of the molecule is CNS(=O)(=O)c1ccc(C(C)NCc2ccc3c(c2)CC(C)(C)O3)cc1. The van der Waals surface area contributed by atoms with Crippen molar-refractivity contribution in [2.75, 3.05) is 7.05 Å². The normalized spacial score (nSPS) is 16.8. The Labute approximate surface area is 155 Å². The van der Waals surface area contributed by atoms with Crippen LogP contribution in [-0.4, -0.2) is 21.1 Å². The molecule has 2 aromatic rings. The molecule has 140 valence electrons. The predicted molar refractivity (Wildman–Crippen MR) is 103 cm³/mol. The molecule has 26 heavy (non-hydrogen) atoms. The molecule has 1 aliphatic rings. The van der Waals surface area contributed by atoms with Gasteiger partial charge in [0.15, 0.2) is 0 Å². The Kier molecular flexibility index (Phi) is 5.10. The molecule has 0 amide bonds. The maximum absolute atomic E-state index is 11.8. The van der Waals surface area contributed by atoms with Crippen molar-refractivity contribution in [1.29, 1.82) is 0 Å². The van der Waals surface area contributed by atoms with E-state index < -0.39 is 10.0 Å². The van der Waals surface area contributed by atoms with E-state index in [1.54, 1.807) is 12.1 Å². The Bertz CT molecular complexity index is 890. The standard InChI is InChI=1S/C20H26N2O3S/c1-14(16-6-8-18(9-7-16)26(23,24)21-4)22-13-15-5-10-19-17(11-15)12-20(2,3)25-19/h5-11,14,21-22H,12-13H2,1-4H3. The number of fused-ring (bicyclic) bond motifs is 1. The lowest BCUT2D eigenvalue weighted by Gasteiger charge is -2.16. The summed E-state index contributed by atoms with van der Waals surface area (Å²) >= 11 is 0. The third kappa shape index (κ3) is 4.09. The topological polar surface area (TPSA) is 67.4 Å². The first-order chi connectivity index (χ1) is 12.2. The number of rotatable bonds is 6. The molecule has 1 atom stereocenters. The lowest BCUT2D eigenvalue weighted by molar-refractivity contribution is 0.138. The van der Waals surface area contributed by atoms with Crippen molar-refractivity contribution >= 4 is 10.0 Å². The zero-order valence-electron chi connectivity index (χ0n) is 15.7. The Hall–Kier alpha value is -1.89. The average molecular weight is 375 g/mol. The predicted octanol–water partition coefficient (Wildman–Crippen LogP) is 3.16. The maximum Gasteiger partial charge on any atom is 0.240 e. The fourth-order valence-corrected chi connectivity index (χ4v) is 3.95. The smallest absolute Gasteiger partial charge is 0.240 e. The van der Waals surface area contributed by atoms with E-state index in [1.165, 1.54) is 18.2 Å². The Balaban J connectivity index is 1.64. The van der Waals surface area contributed by atoms with E-state index in [1.807, 2.05) is 18.2 Å². The van der Waals surface area contributed by atoms with Crippen LogP contribution in [-0.2, 0) is 23.0 Å². The third-order valence-corrected chi connectivity index (χ3v) is 6.13. The summed E-state index contributed by atoms with van der Waals surface area (Å²) in [7, 11) is -1.98. The summed E-state index contributed by atoms with van der Waals surface area (Å²) in [6, 6.07) is 13.4. The van der Waals surface area contributed by atoms with Gasteiger partial charge in [0.1, 0.15) is 11.4 Å². The van der Waals surface area contributed by atoms with Gasteiger partial charge in [-0.15, -0.1) is 0 Å². The first-order valence-corrected chi connectivity index (χ1v) is 10.3. The number of ether oxygens (including phenoxy) is 1. The average Bonchev–Trinajstić information content (AvgIpc) is 2.92.